The summed E-state index contributed by atoms with van der Waals surface area (Å²) >= 11 is 0. The van der Waals surface area contributed by atoms with Gasteiger partial charge in [-0.3, -0.25) is 9.59 Å². The number of rotatable bonds is 18. The SMILES string of the molecule is CCc1cc2c(c(N(C)C)c1)OC(C)(C)C[C@@H]2NC[C@@H](O)[C@H](Cc1ccccc1)NC(C)=O.CCc1cc2c(c(N(C)C)c1)OC(C)(C)C[C@H]2NC[C@@H](O)[C@H](Cc1ccccc1)NC(C)=O. The predicted molar refractivity (Wildman–Crippen MR) is 268 cm³/mol. The van der Waals surface area contributed by atoms with E-state index in [4.69, 9.17) is 9.47 Å². The fraction of sp³-hybridized carbons (Fsp3) is 0.519. The molecule has 4 aromatic carbocycles. The van der Waals surface area contributed by atoms with E-state index in [0.717, 1.165) is 70.8 Å². The summed E-state index contributed by atoms with van der Waals surface area (Å²) in [6.45, 7) is 16.4. The number of hydrogen-bond donors (Lipinski definition) is 6. The van der Waals surface area contributed by atoms with Crippen LogP contribution in [-0.4, -0.2) is 98.8 Å². The van der Waals surface area contributed by atoms with Crippen LogP contribution in [0.1, 0.15) is 114 Å². The van der Waals surface area contributed by atoms with Gasteiger partial charge in [0.05, 0.1) is 35.7 Å². The number of carbonyl (C=O) groups excluding carboxylic acids is 2. The standard InChI is InChI=1S/2C27H39N3O3/c2*1-7-19-13-21-23(16-27(3,4)33-26(21)24(15-19)30(5)6)28-17-25(32)22(29-18(2)31)14-20-11-9-8-10-12-20/h2*8-13,15,22-23,25,28,32H,7,14,16-17H2,1-6H3,(H,29,31)/t22-,23+,25+;22-,23-,25+/m00/s1. The zero-order valence-corrected chi connectivity index (χ0v) is 41.6. The molecule has 6 atom stereocenters. The molecule has 0 aromatic heterocycles. The number of aliphatic hydroxyl groups excluding tert-OH is 2. The Morgan fingerprint density at radius 2 is 0.955 bits per heavy atom. The Kier molecular flexibility index (Phi) is 18.1. The summed E-state index contributed by atoms with van der Waals surface area (Å²) in [4.78, 5) is 27.8. The highest BCUT2D eigenvalue weighted by atomic mass is 16.5. The Labute approximate surface area is 394 Å². The Morgan fingerprint density at radius 3 is 1.26 bits per heavy atom. The molecule has 12 heteroatoms. The van der Waals surface area contributed by atoms with Crippen molar-refractivity contribution in [3.05, 3.63) is 118 Å². The Hall–Kier alpha value is -5.14. The van der Waals surface area contributed by atoms with Gasteiger partial charge in [0.2, 0.25) is 11.8 Å². The quantitative estimate of drug-likeness (QED) is 0.0605. The van der Waals surface area contributed by atoms with Crippen LogP contribution in [0.3, 0.4) is 0 Å². The van der Waals surface area contributed by atoms with Crippen molar-refractivity contribution in [2.75, 3.05) is 51.1 Å². The maximum absolute atomic E-state index is 11.8. The third kappa shape index (κ3) is 14.4. The number of hydrogen-bond acceptors (Lipinski definition) is 10. The first kappa shape index (κ1) is 51.8. The summed E-state index contributed by atoms with van der Waals surface area (Å²) in [6.07, 6.45) is 3.14. The third-order valence-corrected chi connectivity index (χ3v) is 12.4. The van der Waals surface area contributed by atoms with Crippen LogP contribution in [0, 0.1) is 0 Å². The molecule has 0 bridgehead atoms. The largest absolute Gasteiger partial charge is 0.485 e. The van der Waals surface area contributed by atoms with Crippen molar-refractivity contribution in [1.29, 1.82) is 0 Å². The van der Waals surface area contributed by atoms with Crippen LogP contribution < -0.4 is 40.5 Å². The number of fused-ring (bicyclic) bond motifs is 2. The van der Waals surface area contributed by atoms with Crippen molar-refractivity contribution in [3.8, 4) is 11.5 Å². The van der Waals surface area contributed by atoms with Crippen LogP contribution in [0.15, 0.2) is 84.9 Å². The summed E-state index contributed by atoms with van der Waals surface area (Å²) in [7, 11) is 8.14. The minimum atomic E-state index is -0.730. The molecular weight excluding hydrogens is 829 g/mol. The highest BCUT2D eigenvalue weighted by Crippen LogP contribution is 2.47. The number of amides is 2. The summed E-state index contributed by atoms with van der Waals surface area (Å²) in [5, 5.41) is 35.2. The molecule has 66 heavy (non-hydrogen) atoms. The van der Waals surface area contributed by atoms with E-state index in [-0.39, 0.29) is 47.2 Å². The fourth-order valence-electron chi connectivity index (χ4n) is 9.04. The van der Waals surface area contributed by atoms with Gasteiger partial charge in [-0.05, 0) is 87.8 Å². The first-order chi connectivity index (χ1) is 31.2. The van der Waals surface area contributed by atoms with E-state index in [1.54, 1.807) is 0 Å². The van der Waals surface area contributed by atoms with Crippen molar-refractivity contribution in [2.45, 2.75) is 141 Å². The van der Waals surface area contributed by atoms with Crippen LogP contribution >= 0.6 is 0 Å². The highest BCUT2D eigenvalue weighted by molar-refractivity contribution is 5.73. The number of ether oxygens (including phenoxy) is 2. The molecule has 0 fully saturated rings. The van der Waals surface area contributed by atoms with E-state index < -0.39 is 12.2 Å². The average molecular weight is 907 g/mol. The topological polar surface area (TPSA) is 148 Å². The highest BCUT2D eigenvalue weighted by Gasteiger charge is 2.38. The van der Waals surface area contributed by atoms with Crippen LogP contribution in [0.5, 0.6) is 11.5 Å². The van der Waals surface area contributed by atoms with Gasteiger partial charge in [0.1, 0.15) is 22.7 Å². The van der Waals surface area contributed by atoms with Gasteiger partial charge in [-0.25, -0.2) is 0 Å². The molecule has 12 nitrogen and oxygen atoms in total. The molecule has 4 aromatic rings. The van der Waals surface area contributed by atoms with Gasteiger partial charge in [-0.15, -0.1) is 0 Å². The maximum Gasteiger partial charge on any atom is 0.217 e. The number of nitrogens with zero attached hydrogens (tertiary/aromatic N) is 2. The zero-order chi connectivity index (χ0) is 48.3. The Morgan fingerprint density at radius 1 is 0.606 bits per heavy atom. The smallest absolute Gasteiger partial charge is 0.217 e. The molecule has 0 saturated heterocycles. The van der Waals surface area contributed by atoms with Gasteiger partial charge >= 0.3 is 0 Å². The Bertz CT molecular complexity index is 2040. The second-order valence-corrected chi connectivity index (χ2v) is 19.7. The third-order valence-electron chi connectivity index (χ3n) is 12.4. The molecule has 0 spiro atoms. The lowest BCUT2D eigenvalue weighted by Crippen LogP contribution is -2.49. The van der Waals surface area contributed by atoms with E-state index in [9.17, 15) is 19.8 Å². The van der Waals surface area contributed by atoms with Gasteiger partial charge in [-0.1, -0.05) is 86.6 Å². The van der Waals surface area contributed by atoms with Crippen LogP contribution in [-0.2, 0) is 35.3 Å². The summed E-state index contributed by atoms with van der Waals surface area (Å²) < 4.78 is 12.9. The van der Waals surface area contributed by atoms with E-state index in [0.29, 0.717) is 25.9 Å². The van der Waals surface area contributed by atoms with E-state index >= 15 is 0 Å². The Balaban J connectivity index is 0.000000247. The number of anilines is 2. The molecule has 0 radical (unpaired) electrons. The molecule has 2 aliphatic rings. The minimum absolute atomic E-state index is 0.0401. The molecule has 6 rings (SSSR count). The van der Waals surface area contributed by atoms with Gasteiger partial charge < -0.3 is 50.8 Å². The summed E-state index contributed by atoms with van der Waals surface area (Å²) in [6, 6.07) is 28.0. The molecule has 6 N–H and O–H groups in total. The van der Waals surface area contributed by atoms with Crippen LogP contribution in [0.4, 0.5) is 11.4 Å². The molecule has 2 amide bonds. The van der Waals surface area contributed by atoms with Crippen molar-refractivity contribution >= 4 is 23.2 Å². The number of nitrogens with one attached hydrogen (secondary N) is 4. The lowest BCUT2D eigenvalue weighted by atomic mass is 9.87. The maximum atomic E-state index is 11.8. The second kappa shape index (κ2) is 23.0. The lowest BCUT2D eigenvalue weighted by molar-refractivity contribution is -0.121. The van der Waals surface area contributed by atoms with E-state index in [1.807, 2.05) is 88.9 Å². The van der Waals surface area contributed by atoms with Crippen LogP contribution in [0.2, 0.25) is 0 Å². The van der Waals surface area contributed by atoms with Crippen molar-refractivity contribution in [3.63, 3.8) is 0 Å². The first-order valence-corrected chi connectivity index (χ1v) is 23.7. The van der Waals surface area contributed by atoms with Gasteiger partial charge in [-0.2, -0.15) is 0 Å². The fourth-order valence-corrected chi connectivity index (χ4v) is 9.04. The number of aliphatic hydroxyl groups is 2. The average Bonchev–Trinajstić information content (AvgIpc) is 3.26. The van der Waals surface area contributed by atoms with Crippen molar-refractivity contribution in [1.82, 2.24) is 21.3 Å². The zero-order valence-electron chi connectivity index (χ0n) is 41.6. The molecule has 0 saturated carbocycles. The molecule has 2 aliphatic heterocycles. The first-order valence-electron chi connectivity index (χ1n) is 23.7. The van der Waals surface area contributed by atoms with E-state index in [2.05, 4.69) is 96.9 Å². The lowest BCUT2D eigenvalue weighted by Gasteiger charge is -2.40. The van der Waals surface area contributed by atoms with Gasteiger partial charge in [0.15, 0.2) is 0 Å². The predicted octanol–water partition coefficient (Wildman–Crippen LogP) is 7.23. The molecule has 360 valence electrons. The van der Waals surface area contributed by atoms with Crippen LogP contribution in [0.25, 0.3) is 0 Å². The number of benzene rings is 4. The molecule has 2 heterocycles. The number of aryl methyl sites for hydroxylation is 2. The number of carbonyl (C=O) groups is 2. The monoisotopic (exact) mass is 907 g/mol. The van der Waals surface area contributed by atoms with Crippen molar-refractivity contribution in [2.24, 2.45) is 0 Å². The summed E-state index contributed by atoms with van der Waals surface area (Å²) in [5.74, 6) is 1.53. The molecule has 0 aliphatic carbocycles. The van der Waals surface area contributed by atoms with Gasteiger partial charge in [0.25, 0.3) is 0 Å². The second-order valence-electron chi connectivity index (χ2n) is 19.7. The molecular formula is C54H78N6O6. The molecule has 0 unspecified atom stereocenters. The van der Waals surface area contributed by atoms with Crippen molar-refractivity contribution < 1.29 is 29.3 Å². The van der Waals surface area contributed by atoms with Gasteiger partial charge in [0, 0.05) is 91.2 Å². The summed E-state index contributed by atoms with van der Waals surface area (Å²) in [5.41, 5.74) is 8.40. The minimum Gasteiger partial charge on any atom is -0.485 e. The normalized spacial score (nSPS) is 18.6. The van der Waals surface area contributed by atoms with E-state index in [1.165, 1.54) is 25.0 Å².